The van der Waals surface area contributed by atoms with Crippen LogP contribution in [0, 0.1) is 0 Å². The maximum absolute atomic E-state index is 11.1. The molecule has 0 fully saturated rings. The largest absolute Gasteiger partial charge is 0.478 e. The summed E-state index contributed by atoms with van der Waals surface area (Å²) in [5.41, 5.74) is 1.20. The number of rotatable bonds is 5. The number of likely N-dealkylation sites (N-methyl/N-ethyl adjacent to an activating group) is 1. The molecule has 0 amide bonds. The van der Waals surface area contributed by atoms with Gasteiger partial charge in [-0.3, -0.25) is 0 Å². The van der Waals surface area contributed by atoms with Crippen LogP contribution in [0.25, 0.3) is 0 Å². The Labute approximate surface area is 109 Å². The average Bonchev–Trinajstić information content (AvgIpc) is 2.90. The molecule has 2 rings (SSSR count). The molecular weight excluding hydrogens is 250 g/mol. The molecule has 0 radical (unpaired) electrons. The van der Waals surface area contributed by atoms with Crippen molar-refractivity contribution in [1.82, 2.24) is 9.36 Å². The van der Waals surface area contributed by atoms with E-state index >= 15 is 0 Å². The molecule has 5 nitrogen and oxygen atoms in total. The maximum atomic E-state index is 11.1. The first-order valence-corrected chi connectivity index (χ1v) is 6.25. The standard InChI is InChI=1S/C12H13N3O2S/c1-15(12-13-8-14-18-12)7-6-9-4-2-3-5-10(9)11(16)17/h2-5,8H,6-7H2,1H3,(H,16,17). The number of nitrogens with zero attached hydrogens (tertiary/aromatic N) is 3. The zero-order valence-electron chi connectivity index (χ0n) is 9.91. The second-order valence-corrected chi connectivity index (χ2v) is 4.62. The summed E-state index contributed by atoms with van der Waals surface area (Å²) in [7, 11) is 1.92. The van der Waals surface area contributed by atoms with Gasteiger partial charge in [0, 0.05) is 25.1 Å². The predicted octanol–water partition coefficient (Wildman–Crippen LogP) is 1.92. The summed E-state index contributed by atoms with van der Waals surface area (Å²) in [4.78, 5) is 17.1. The third-order valence-corrected chi connectivity index (χ3v) is 3.42. The Morgan fingerprint density at radius 3 is 2.89 bits per heavy atom. The van der Waals surface area contributed by atoms with E-state index in [0.29, 0.717) is 18.5 Å². The van der Waals surface area contributed by atoms with Crippen LogP contribution in [0.1, 0.15) is 15.9 Å². The number of hydrogen-bond donors (Lipinski definition) is 1. The lowest BCUT2D eigenvalue weighted by Crippen LogP contribution is -2.20. The van der Waals surface area contributed by atoms with Crippen molar-refractivity contribution < 1.29 is 9.90 Å². The Morgan fingerprint density at radius 2 is 2.22 bits per heavy atom. The number of anilines is 1. The van der Waals surface area contributed by atoms with E-state index in [9.17, 15) is 4.79 Å². The Hall–Kier alpha value is -1.95. The highest BCUT2D eigenvalue weighted by Gasteiger charge is 2.10. The van der Waals surface area contributed by atoms with Crippen molar-refractivity contribution in [3.8, 4) is 0 Å². The van der Waals surface area contributed by atoms with Gasteiger partial charge in [0.15, 0.2) is 0 Å². The van der Waals surface area contributed by atoms with E-state index in [4.69, 9.17) is 5.11 Å². The van der Waals surface area contributed by atoms with Crippen molar-refractivity contribution in [2.24, 2.45) is 0 Å². The zero-order chi connectivity index (χ0) is 13.0. The monoisotopic (exact) mass is 263 g/mol. The number of aromatic carboxylic acids is 1. The molecule has 0 unspecified atom stereocenters. The Bertz CT molecular complexity index is 528. The van der Waals surface area contributed by atoms with E-state index in [0.717, 1.165) is 10.7 Å². The number of aromatic nitrogens is 2. The van der Waals surface area contributed by atoms with E-state index in [1.54, 1.807) is 12.1 Å². The predicted molar refractivity (Wildman–Crippen MR) is 70.3 cm³/mol. The summed E-state index contributed by atoms with van der Waals surface area (Å²) in [6.07, 6.45) is 2.18. The van der Waals surface area contributed by atoms with Gasteiger partial charge in [0.25, 0.3) is 0 Å². The number of carboxylic acid groups (broad SMARTS) is 1. The van der Waals surface area contributed by atoms with E-state index in [1.807, 2.05) is 24.1 Å². The minimum absolute atomic E-state index is 0.364. The fourth-order valence-corrected chi connectivity index (χ4v) is 2.18. The molecule has 1 aromatic heterocycles. The summed E-state index contributed by atoms with van der Waals surface area (Å²) >= 11 is 1.33. The molecule has 2 aromatic rings. The Kier molecular flexibility index (Phi) is 3.88. The highest BCUT2D eigenvalue weighted by atomic mass is 32.1. The molecule has 0 aliphatic rings. The van der Waals surface area contributed by atoms with Gasteiger partial charge in [0.05, 0.1) is 5.56 Å². The summed E-state index contributed by atoms with van der Waals surface area (Å²) in [6, 6.07) is 7.06. The van der Waals surface area contributed by atoms with Crippen LogP contribution in [-0.2, 0) is 6.42 Å². The molecule has 0 spiro atoms. The first kappa shape index (κ1) is 12.5. The van der Waals surface area contributed by atoms with Crippen molar-refractivity contribution in [1.29, 1.82) is 0 Å². The quantitative estimate of drug-likeness (QED) is 0.892. The first-order chi connectivity index (χ1) is 8.68. The second kappa shape index (κ2) is 5.59. The van der Waals surface area contributed by atoms with Crippen LogP contribution >= 0.6 is 11.5 Å². The Balaban J connectivity index is 2.04. The lowest BCUT2D eigenvalue weighted by atomic mass is 10.0. The van der Waals surface area contributed by atoms with Crippen LogP contribution < -0.4 is 4.90 Å². The number of carbonyl (C=O) groups is 1. The number of hydrogen-bond acceptors (Lipinski definition) is 5. The highest BCUT2D eigenvalue weighted by Crippen LogP contribution is 2.15. The molecule has 0 aliphatic carbocycles. The zero-order valence-corrected chi connectivity index (χ0v) is 10.7. The van der Waals surface area contributed by atoms with Crippen LogP contribution in [0.4, 0.5) is 5.13 Å². The fourth-order valence-electron chi connectivity index (χ4n) is 1.67. The molecule has 0 saturated carbocycles. The molecule has 1 aromatic carbocycles. The van der Waals surface area contributed by atoms with Gasteiger partial charge >= 0.3 is 5.97 Å². The minimum Gasteiger partial charge on any atom is -0.478 e. The molecule has 1 heterocycles. The van der Waals surface area contributed by atoms with Gasteiger partial charge in [0.1, 0.15) is 6.33 Å². The van der Waals surface area contributed by atoms with Gasteiger partial charge in [-0.25, -0.2) is 9.78 Å². The Morgan fingerprint density at radius 1 is 1.44 bits per heavy atom. The van der Waals surface area contributed by atoms with Crippen molar-refractivity contribution in [3.05, 3.63) is 41.7 Å². The van der Waals surface area contributed by atoms with Crippen LogP contribution in [0.3, 0.4) is 0 Å². The molecule has 6 heteroatoms. The first-order valence-electron chi connectivity index (χ1n) is 5.47. The summed E-state index contributed by atoms with van der Waals surface area (Å²) in [6.45, 7) is 0.708. The molecule has 94 valence electrons. The normalized spacial score (nSPS) is 10.3. The lowest BCUT2D eigenvalue weighted by Gasteiger charge is -2.15. The van der Waals surface area contributed by atoms with Gasteiger partial charge in [0.2, 0.25) is 5.13 Å². The van der Waals surface area contributed by atoms with E-state index in [1.165, 1.54) is 17.9 Å². The molecule has 0 bridgehead atoms. The van der Waals surface area contributed by atoms with E-state index in [-0.39, 0.29) is 0 Å². The number of benzene rings is 1. The lowest BCUT2D eigenvalue weighted by molar-refractivity contribution is 0.0695. The van der Waals surface area contributed by atoms with Crippen molar-refractivity contribution in [3.63, 3.8) is 0 Å². The molecule has 18 heavy (non-hydrogen) atoms. The van der Waals surface area contributed by atoms with Crippen LogP contribution in [0.15, 0.2) is 30.6 Å². The van der Waals surface area contributed by atoms with E-state index < -0.39 is 5.97 Å². The fraction of sp³-hybridized carbons (Fsp3) is 0.250. The van der Waals surface area contributed by atoms with Crippen molar-refractivity contribution in [2.75, 3.05) is 18.5 Å². The minimum atomic E-state index is -0.885. The van der Waals surface area contributed by atoms with Crippen LogP contribution in [0.5, 0.6) is 0 Å². The molecule has 0 atom stereocenters. The molecule has 0 saturated heterocycles. The van der Waals surface area contributed by atoms with Gasteiger partial charge in [-0.15, -0.1) is 0 Å². The SMILES string of the molecule is CN(CCc1ccccc1C(=O)O)c1ncns1. The van der Waals surface area contributed by atoms with Gasteiger partial charge in [-0.1, -0.05) is 18.2 Å². The molecular formula is C12H13N3O2S. The van der Waals surface area contributed by atoms with Gasteiger partial charge < -0.3 is 10.0 Å². The smallest absolute Gasteiger partial charge is 0.335 e. The van der Waals surface area contributed by atoms with E-state index in [2.05, 4.69) is 9.36 Å². The third-order valence-electron chi connectivity index (χ3n) is 2.64. The van der Waals surface area contributed by atoms with Crippen LogP contribution in [0.2, 0.25) is 0 Å². The van der Waals surface area contributed by atoms with Gasteiger partial charge in [-0.2, -0.15) is 4.37 Å². The summed E-state index contributed by atoms with van der Waals surface area (Å²) < 4.78 is 3.94. The maximum Gasteiger partial charge on any atom is 0.335 e. The highest BCUT2D eigenvalue weighted by molar-refractivity contribution is 7.09. The average molecular weight is 263 g/mol. The van der Waals surface area contributed by atoms with Crippen molar-refractivity contribution >= 4 is 22.6 Å². The van der Waals surface area contributed by atoms with Crippen LogP contribution in [-0.4, -0.2) is 34.0 Å². The topological polar surface area (TPSA) is 66.3 Å². The third kappa shape index (κ3) is 2.84. The number of carboxylic acids is 1. The molecule has 0 aliphatic heterocycles. The summed E-state index contributed by atoms with van der Waals surface area (Å²) in [5, 5.41) is 9.92. The second-order valence-electron chi connectivity index (χ2n) is 3.86. The molecule has 1 N–H and O–H groups in total. The summed E-state index contributed by atoms with van der Waals surface area (Å²) in [5.74, 6) is -0.885. The van der Waals surface area contributed by atoms with Gasteiger partial charge in [-0.05, 0) is 18.1 Å². The van der Waals surface area contributed by atoms with Crippen molar-refractivity contribution in [2.45, 2.75) is 6.42 Å².